The summed E-state index contributed by atoms with van der Waals surface area (Å²) < 4.78 is 0. The number of nitrogens with zero attached hydrogens (tertiary/aromatic N) is 5. The van der Waals surface area contributed by atoms with E-state index in [-0.39, 0.29) is 11.9 Å². The van der Waals surface area contributed by atoms with Gasteiger partial charge in [0.2, 0.25) is 5.91 Å². The van der Waals surface area contributed by atoms with Gasteiger partial charge in [0.1, 0.15) is 11.9 Å². The van der Waals surface area contributed by atoms with Crippen LogP contribution in [0.2, 0.25) is 0 Å². The van der Waals surface area contributed by atoms with Crippen LogP contribution < -0.4 is 4.90 Å². The van der Waals surface area contributed by atoms with Crippen LogP contribution in [0.5, 0.6) is 0 Å². The Morgan fingerprint density at radius 1 is 1.17 bits per heavy atom. The smallest absolute Gasteiger partial charge is 0.239 e. The highest BCUT2D eigenvalue weighted by Gasteiger charge is 2.30. The standard InChI is InChI=1S/C18H25N5O/c1-15(18(24)23-8-3-2-4-9-23)21-10-12-22(13-11-21)17-16(14-19)6-5-7-20-17/h5-7,15H,2-4,8-13H2,1H3. The van der Waals surface area contributed by atoms with E-state index in [2.05, 4.69) is 20.9 Å². The van der Waals surface area contributed by atoms with E-state index in [1.165, 1.54) is 6.42 Å². The Morgan fingerprint density at radius 2 is 1.88 bits per heavy atom. The van der Waals surface area contributed by atoms with Gasteiger partial charge in [-0.05, 0) is 38.3 Å². The maximum Gasteiger partial charge on any atom is 0.239 e. The molecule has 0 saturated carbocycles. The molecular formula is C18H25N5O. The highest BCUT2D eigenvalue weighted by molar-refractivity contribution is 5.81. The Labute approximate surface area is 143 Å². The van der Waals surface area contributed by atoms with Gasteiger partial charge in [0, 0.05) is 45.5 Å². The van der Waals surface area contributed by atoms with Crippen LogP contribution in [0.3, 0.4) is 0 Å². The number of amides is 1. The zero-order chi connectivity index (χ0) is 16.9. The molecule has 2 saturated heterocycles. The fraction of sp³-hybridized carbons (Fsp3) is 0.611. The molecule has 0 radical (unpaired) electrons. The maximum atomic E-state index is 12.7. The predicted molar refractivity (Wildman–Crippen MR) is 92.6 cm³/mol. The first kappa shape index (κ1) is 16.7. The third-order valence-electron chi connectivity index (χ3n) is 5.09. The molecule has 1 aromatic heterocycles. The largest absolute Gasteiger partial charge is 0.353 e. The summed E-state index contributed by atoms with van der Waals surface area (Å²) in [5, 5.41) is 9.23. The molecule has 3 heterocycles. The van der Waals surface area contributed by atoms with E-state index >= 15 is 0 Å². The maximum absolute atomic E-state index is 12.7. The highest BCUT2D eigenvalue weighted by atomic mass is 16.2. The number of hydrogen-bond acceptors (Lipinski definition) is 5. The molecule has 2 aliphatic rings. The summed E-state index contributed by atoms with van der Waals surface area (Å²) in [7, 11) is 0. The van der Waals surface area contributed by atoms with Crippen molar-refractivity contribution in [2.45, 2.75) is 32.2 Å². The monoisotopic (exact) mass is 327 g/mol. The van der Waals surface area contributed by atoms with Crippen LogP contribution in [0, 0.1) is 11.3 Å². The molecule has 24 heavy (non-hydrogen) atoms. The third kappa shape index (κ3) is 3.51. The summed E-state index contributed by atoms with van der Waals surface area (Å²) in [5.41, 5.74) is 0.614. The topological polar surface area (TPSA) is 63.5 Å². The molecule has 1 aromatic rings. The fourth-order valence-corrected chi connectivity index (χ4v) is 3.59. The van der Waals surface area contributed by atoms with Gasteiger partial charge in [-0.25, -0.2) is 4.98 Å². The van der Waals surface area contributed by atoms with Crippen molar-refractivity contribution >= 4 is 11.7 Å². The van der Waals surface area contributed by atoms with Gasteiger partial charge in [0.05, 0.1) is 11.6 Å². The van der Waals surface area contributed by atoms with E-state index < -0.39 is 0 Å². The molecule has 3 rings (SSSR count). The van der Waals surface area contributed by atoms with Crippen LogP contribution in [0.4, 0.5) is 5.82 Å². The van der Waals surface area contributed by atoms with Crippen molar-refractivity contribution < 1.29 is 4.79 Å². The first-order valence-electron chi connectivity index (χ1n) is 8.83. The number of carbonyl (C=O) groups is 1. The molecule has 0 aliphatic carbocycles. The zero-order valence-electron chi connectivity index (χ0n) is 14.3. The molecule has 6 heteroatoms. The fourth-order valence-electron chi connectivity index (χ4n) is 3.59. The molecule has 2 aliphatic heterocycles. The average molecular weight is 327 g/mol. The Kier molecular flexibility index (Phi) is 5.31. The Bertz CT molecular complexity index is 612. The lowest BCUT2D eigenvalue weighted by Crippen LogP contribution is -2.55. The molecule has 0 N–H and O–H groups in total. The van der Waals surface area contributed by atoms with Gasteiger partial charge in [-0.3, -0.25) is 9.69 Å². The van der Waals surface area contributed by atoms with Gasteiger partial charge in [-0.2, -0.15) is 5.26 Å². The lowest BCUT2D eigenvalue weighted by Gasteiger charge is -2.40. The summed E-state index contributed by atoms with van der Waals surface area (Å²) in [4.78, 5) is 23.4. The van der Waals surface area contributed by atoms with Gasteiger partial charge in [0.25, 0.3) is 0 Å². The first-order chi connectivity index (χ1) is 11.7. The zero-order valence-corrected chi connectivity index (χ0v) is 14.3. The molecule has 1 amide bonds. The van der Waals surface area contributed by atoms with Crippen LogP contribution in [-0.4, -0.2) is 66.0 Å². The lowest BCUT2D eigenvalue weighted by atomic mass is 10.1. The number of piperidine rings is 1. The van der Waals surface area contributed by atoms with Crippen molar-refractivity contribution in [2.75, 3.05) is 44.2 Å². The van der Waals surface area contributed by atoms with Crippen LogP contribution in [-0.2, 0) is 4.79 Å². The van der Waals surface area contributed by atoms with Gasteiger partial charge in [-0.1, -0.05) is 0 Å². The van der Waals surface area contributed by atoms with E-state index in [1.54, 1.807) is 18.3 Å². The van der Waals surface area contributed by atoms with E-state index in [1.807, 2.05) is 11.8 Å². The van der Waals surface area contributed by atoms with Crippen LogP contribution in [0.25, 0.3) is 0 Å². The van der Waals surface area contributed by atoms with Crippen molar-refractivity contribution in [1.29, 1.82) is 5.26 Å². The van der Waals surface area contributed by atoms with Gasteiger partial charge < -0.3 is 9.80 Å². The number of nitriles is 1. The van der Waals surface area contributed by atoms with E-state index in [0.717, 1.165) is 57.9 Å². The first-order valence-corrected chi connectivity index (χ1v) is 8.83. The van der Waals surface area contributed by atoms with Crippen molar-refractivity contribution in [1.82, 2.24) is 14.8 Å². The van der Waals surface area contributed by atoms with Crippen molar-refractivity contribution in [3.05, 3.63) is 23.9 Å². The molecular weight excluding hydrogens is 302 g/mol. The van der Waals surface area contributed by atoms with Crippen molar-refractivity contribution in [2.24, 2.45) is 0 Å². The second-order valence-corrected chi connectivity index (χ2v) is 6.57. The Hall–Kier alpha value is -2.13. The highest BCUT2D eigenvalue weighted by Crippen LogP contribution is 2.19. The normalized spacial score (nSPS) is 20.5. The summed E-state index contributed by atoms with van der Waals surface area (Å²) in [6.45, 7) is 7.07. The molecule has 0 aromatic carbocycles. The van der Waals surface area contributed by atoms with Crippen LogP contribution >= 0.6 is 0 Å². The summed E-state index contributed by atoms with van der Waals surface area (Å²) >= 11 is 0. The number of rotatable bonds is 3. The second kappa shape index (κ2) is 7.63. The molecule has 128 valence electrons. The summed E-state index contributed by atoms with van der Waals surface area (Å²) in [5.74, 6) is 1.02. The Balaban J connectivity index is 1.58. The van der Waals surface area contributed by atoms with Crippen LogP contribution in [0.1, 0.15) is 31.7 Å². The quantitative estimate of drug-likeness (QED) is 0.841. The number of piperazine rings is 1. The van der Waals surface area contributed by atoms with E-state index in [0.29, 0.717) is 5.56 Å². The number of anilines is 1. The van der Waals surface area contributed by atoms with Crippen molar-refractivity contribution in [3.63, 3.8) is 0 Å². The lowest BCUT2D eigenvalue weighted by molar-refractivity contribution is -0.137. The minimum atomic E-state index is -0.0654. The molecule has 2 fully saturated rings. The molecule has 0 spiro atoms. The van der Waals surface area contributed by atoms with Gasteiger partial charge in [0.15, 0.2) is 0 Å². The van der Waals surface area contributed by atoms with Gasteiger partial charge in [-0.15, -0.1) is 0 Å². The summed E-state index contributed by atoms with van der Waals surface area (Å²) in [6.07, 6.45) is 5.22. The third-order valence-corrected chi connectivity index (χ3v) is 5.09. The minimum Gasteiger partial charge on any atom is -0.353 e. The number of hydrogen-bond donors (Lipinski definition) is 0. The molecule has 1 atom stereocenters. The second-order valence-electron chi connectivity index (χ2n) is 6.57. The molecule has 0 bridgehead atoms. The Morgan fingerprint density at radius 3 is 2.54 bits per heavy atom. The number of likely N-dealkylation sites (tertiary alicyclic amines) is 1. The van der Waals surface area contributed by atoms with E-state index in [4.69, 9.17) is 0 Å². The summed E-state index contributed by atoms with van der Waals surface area (Å²) in [6, 6.07) is 5.74. The van der Waals surface area contributed by atoms with Crippen molar-refractivity contribution in [3.8, 4) is 6.07 Å². The number of pyridine rings is 1. The number of carbonyl (C=O) groups excluding carboxylic acids is 1. The molecule has 6 nitrogen and oxygen atoms in total. The minimum absolute atomic E-state index is 0.0654. The van der Waals surface area contributed by atoms with E-state index in [9.17, 15) is 10.1 Å². The van der Waals surface area contributed by atoms with Gasteiger partial charge >= 0.3 is 0 Å². The average Bonchev–Trinajstić information content (AvgIpc) is 2.67. The SMILES string of the molecule is CC(C(=O)N1CCCCC1)N1CCN(c2ncccc2C#N)CC1. The predicted octanol–water partition coefficient (Wildman–Crippen LogP) is 1.48. The number of aromatic nitrogens is 1. The molecule has 1 unspecified atom stereocenters. The van der Waals surface area contributed by atoms with Crippen LogP contribution in [0.15, 0.2) is 18.3 Å².